The van der Waals surface area contributed by atoms with Crippen molar-refractivity contribution in [2.45, 2.75) is 51.7 Å². The fraction of sp³-hybridized carbons (Fsp3) is 0.500. The van der Waals surface area contributed by atoms with Crippen molar-refractivity contribution in [3.63, 3.8) is 0 Å². The standard InChI is InChI=1S/C20H27NO4/c1-14-8-4-6-10-17(14)21-20(23)15(2)25-19(22)13-12-16-9-5-7-11-18(16)24-3/h5,7,9,11-15,17H,4,6,8,10H2,1-3H3,(H,21,23)/b13-12+. The topological polar surface area (TPSA) is 64.6 Å². The molecule has 1 aromatic rings. The number of hydrogen-bond acceptors (Lipinski definition) is 4. The lowest BCUT2D eigenvalue weighted by Crippen LogP contribution is -2.45. The van der Waals surface area contributed by atoms with Gasteiger partial charge in [-0.1, -0.05) is 38.0 Å². The predicted molar refractivity (Wildman–Crippen MR) is 97.1 cm³/mol. The molecule has 1 aliphatic rings. The van der Waals surface area contributed by atoms with Crippen LogP contribution in [0.2, 0.25) is 0 Å². The van der Waals surface area contributed by atoms with Gasteiger partial charge in [-0.05, 0) is 37.8 Å². The fourth-order valence-corrected chi connectivity index (χ4v) is 3.06. The second kappa shape index (κ2) is 9.25. The van der Waals surface area contributed by atoms with E-state index in [2.05, 4.69) is 12.2 Å². The minimum Gasteiger partial charge on any atom is -0.496 e. The molecule has 3 unspecified atom stereocenters. The van der Waals surface area contributed by atoms with Gasteiger partial charge in [-0.3, -0.25) is 4.79 Å². The zero-order valence-corrected chi connectivity index (χ0v) is 15.2. The highest BCUT2D eigenvalue weighted by Gasteiger charge is 2.25. The number of para-hydroxylation sites is 1. The molecule has 0 radical (unpaired) electrons. The van der Waals surface area contributed by atoms with Gasteiger partial charge in [0, 0.05) is 17.7 Å². The third-order valence-corrected chi connectivity index (χ3v) is 4.64. The lowest BCUT2D eigenvalue weighted by Gasteiger charge is -2.30. The Kier molecular flexibility index (Phi) is 7.04. The zero-order chi connectivity index (χ0) is 18.2. The SMILES string of the molecule is COc1ccccc1/C=C/C(=O)OC(C)C(=O)NC1CCCCC1C. The Hall–Kier alpha value is -2.30. The third-order valence-electron chi connectivity index (χ3n) is 4.64. The number of rotatable bonds is 6. The monoisotopic (exact) mass is 345 g/mol. The third kappa shape index (κ3) is 5.62. The van der Waals surface area contributed by atoms with Crippen LogP contribution in [0.15, 0.2) is 30.3 Å². The zero-order valence-electron chi connectivity index (χ0n) is 15.2. The van der Waals surface area contributed by atoms with Crippen molar-refractivity contribution in [2.75, 3.05) is 7.11 Å². The maximum Gasteiger partial charge on any atom is 0.331 e. The Morgan fingerprint density at radius 2 is 1.96 bits per heavy atom. The molecule has 2 rings (SSSR count). The molecular weight excluding hydrogens is 318 g/mol. The van der Waals surface area contributed by atoms with E-state index >= 15 is 0 Å². The molecule has 0 heterocycles. The highest BCUT2D eigenvalue weighted by molar-refractivity contribution is 5.90. The van der Waals surface area contributed by atoms with Gasteiger partial charge in [0.05, 0.1) is 7.11 Å². The molecule has 0 aliphatic heterocycles. The van der Waals surface area contributed by atoms with Crippen LogP contribution in [0.25, 0.3) is 6.08 Å². The van der Waals surface area contributed by atoms with Crippen LogP contribution in [0.5, 0.6) is 5.75 Å². The predicted octanol–water partition coefficient (Wildman–Crippen LogP) is 3.34. The van der Waals surface area contributed by atoms with Crippen LogP contribution in [0.4, 0.5) is 0 Å². The van der Waals surface area contributed by atoms with E-state index in [-0.39, 0.29) is 11.9 Å². The summed E-state index contributed by atoms with van der Waals surface area (Å²) >= 11 is 0. The molecule has 5 nitrogen and oxygen atoms in total. The second-order valence-corrected chi connectivity index (χ2v) is 6.53. The summed E-state index contributed by atoms with van der Waals surface area (Å²) in [5.41, 5.74) is 0.773. The van der Waals surface area contributed by atoms with Gasteiger partial charge >= 0.3 is 5.97 Å². The smallest absolute Gasteiger partial charge is 0.331 e. The van der Waals surface area contributed by atoms with Crippen molar-refractivity contribution in [3.05, 3.63) is 35.9 Å². The molecule has 1 N–H and O–H groups in total. The minimum atomic E-state index is -0.816. The molecule has 1 fully saturated rings. The Bertz CT molecular complexity index is 626. The molecule has 136 valence electrons. The minimum absolute atomic E-state index is 0.173. The maximum atomic E-state index is 12.2. The van der Waals surface area contributed by atoms with Crippen molar-refractivity contribution < 1.29 is 19.1 Å². The molecule has 1 saturated carbocycles. The van der Waals surface area contributed by atoms with Crippen LogP contribution in [-0.4, -0.2) is 31.1 Å². The second-order valence-electron chi connectivity index (χ2n) is 6.53. The van der Waals surface area contributed by atoms with Gasteiger partial charge in [-0.15, -0.1) is 0 Å². The summed E-state index contributed by atoms with van der Waals surface area (Å²) in [6.07, 6.45) is 6.57. The van der Waals surface area contributed by atoms with E-state index < -0.39 is 12.1 Å². The van der Waals surface area contributed by atoms with Gasteiger partial charge in [0.25, 0.3) is 5.91 Å². The van der Waals surface area contributed by atoms with Crippen molar-refractivity contribution in [1.82, 2.24) is 5.32 Å². The normalized spacial score (nSPS) is 21.6. The molecule has 5 heteroatoms. The molecule has 0 bridgehead atoms. The van der Waals surface area contributed by atoms with Crippen LogP contribution in [0.1, 0.15) is 45.1 Å². The van der Waals surface area contributed by atoms with Crippen molar-refractivity contribution in [3.8, 4) is 5.75 Å². The van der Waals surface area contributed by atoms with Crippen LogP contribution in [0.3, 0.4) is 0 Å². The largest absolute Gasteiger partial charge is 0.496 e. The number of carbonyl (C=O) groups is 2. The average Bonchev–Trinajstić information content (AvgIpc) is 2.62. The summed E-state index contributed by atoms with van der Waals surface area (Å²) in [6, 6.07) is 7.53. The highest BCUT2D eigenvalue weighted by Crippen LogP contribution is 2.24. The van der Waals surface area contributed by atoms with E-state index in [9.17, 15) is 9.59 Å². The number of hydrogen-bond donors (Lipinski definition) is 1. The fourth-order valence-electron chi connectivity index (χ4n) is 3.06. The molecule has 0 spiro atoms. The number of esters is 1. The quantitative estimate of drug-likeness (QED) is 0.634. The van der Waals surface area contributed by atoms with Crippen LogP contribution >= 0.6 is 0 Å². The van der Waals surface area contributed by atoms with Crippen molar-refractivity contribution in [1.29, 1.82) is 0 Å². The van der Waals surface area contributed by atoms with Gasteiger partial charge in [-0.2, -0.15) is 0 Å². The van der Waals surface area contributed by atoms with E-state index in [1.54, 1.807) is 20.1 Å². The summed E-state index contributed by atoms with van der Waals surface area (Å²) in [5, 5.41) is 3.01. The van der Waals surface area contributed by atoms with Crippen molar-refractivity contribution in [2.24, 2.45) is 5.92 Å². The first kappa shape index (κ1) is 19.0. The van der Waals surface area contributed by atoms with E-state index in [0.29, 0.717) is 11.7 Å². The molecule has 1 amide bonds. The molecular formula is C20H27NO4. The number of benzene rings is 1. The van der Waals surface area contributed by atoms with Gasteiger partial charge in [-0.25, -0.2) is 4.79 Å². The van der Waals surface area contributed by atoms with Gasteiger partial charge in [0.1, 0.15) is 5.75 Å². The first-order valence-corrected chi connectivity index (χ1v) is 8.83. The Balaban J connectivity index is 1.86. The highest BCUT2D eigenvalue weighted by atomic mass is 16.5. The molecule has 0 saturated heterocycles. The Morgan fingerprint density at radius 3 is 2.68 bits per heavy atom. The Morgan fingerprint density at radius 1 is 1.24 bits per heavy atom. The lowest BCUT2D eigenvalue weighted by atomic mass is 9.86. The first-order chi connectivity index (χ1) is 12.0. The molecule has 3 atom stereocenters. The van der Waals surface area contributed by atoms with Crippen LogP contribution in [-0.2, 0) is 14.3 Å². The van der Waals surface area contributed by atoms with E-state index in [4.69, 9.17) is 9.47 Å². The van der Waals surface area contributed by atoms with Gasteiger partial charge < -0.3 is 14.8 Å². The average molecular weight is 345 g/mol. The summed E-state index contributed by atoms with van der Waals surface area (Å²) in [5.74, 6) is 0.345. The summed E-state index contributed by atoms with van der Waals surface area (Å²) in [4.78, 5) is 24.2. The van der Waals surface area contributed by atoms with E-state index in [1.807, 2.05) is 24.3 Å². The number of amides is 1. The lowest BCUT2D eigenvalue weighted by molar-refractivity contribution is -0.150. The van der Waals surface area contributed by atoms with Gasteiger partial charge in [0.2, 0.25) is 0 Å². The number of carbonyl (C=O) groups excluding carboxylic acids is 2. The van der Waals surface area contributed by atoms with E-state index in [1.165, 1.54) is 12.5 Å². The summed E-state index contributed by atoms with van der Waals surface area (Å²) < 4.78 is 10.4. The van der Waals surface area contributed by atoms with Gasteiger partial charge in [0.15, 0.2) is 6.10 Å². The van der Waals surface area contributed by atoms with Crippen molar-refractivity contribution >= 4 is 18.0 Å². The van der Waals surface area contributed by atoms with E-state index in [0.717, 1.165) is 24.8 Å². The molecule has 1 aromatic carbocycles. The number of ether oxygens (including phenoxy) is 2. The van der Waals surface area contributed by atoms with Crippen LogP contribution < -0.4 is 10.1 Å². The molecule has 25 heavy (non-hydrogen) atoms. The summed E-state index contributed by atoms with van der Waals surface area (Å²) in [7, 11) is 1.57. The summed E-state index contributed by atoms with van der Waals surface area (Å²) in [6.45, 7) is 3.74. The number of nitrogens with one attached hydrogen (secondary N) is 1. The molecule has 0 aromatic heterocycles. The first-order valence-electron chi connectivity index (χ1n) is 8.83. The maximum absolute atomic E-state index is 12.2. The van der Waals surface area contributed by atoms with Crippen LogP contribution in [0, 0.1) is 5.92 Å². The Labute approximate surface area is 149 Å². The molecule has 1 aliphatic carbocycles. The number of methoxy groups -OCH3 is 1.